The van der Waals surface area contributed by atoms with Gasteiger partial charge in [0, 0.05) is 11.6 Å². The van der Waals surface area contributed by atoms with Gasteiger partial charge in [-0.3, -0.25) is 4.98 Å². The number of benzene rings is 1. The molecule has 0 aliphatic carbocycles. The van der Waals surface area contributed by atoms with Crippen LogP contribution in [0.2, 0.25) is 0 Å². The monoisotopic (exact) mass is 288 g/mol. The summed E-state index contributed by atoms with van der Waals surface area (Å²) < 4.78 is 18.6. The number of hydrogen-bond acceptors (Lipinski definition) is 3. The van der Waals surface area contributed by atoms with Crippen molar-refractivity contribution in [3.8, 4) is 5.75 Å². The van der Waals surface area contributed by atoms with Crippen molar-refractivity contribution in [2.24, 2.45) is 0 Å². The number of nitrogens with one attached hydrogen (secondary N) is 1. The molecule has 0 spiro atoms. The fourth-order valence-electron chi connectivity index (χ4n) is 2.68. The highest BCUT2D eigenvalue weighted by atomic mass is 19.1. The Morgan fingerprint density at radius 2 is 1.86 bits per heavy atom. The molecule has 0 fully saturated rings. The maximum Gasteiger partial charge on any atom is 0.142 e. The third-order valence-corrected chi connectivity index (χ3v) is 3.89. The number of rotatable bonds is 5. The van der Waals surface area contributed by atoms with Gasteiger partial charge in [-0.1, -0.05) is 26.0 Å². The summed E-state index contributed by atoms with van der Waals surface area (Å²) in [7, 11) is 3.53. The minimum Gasteiger partial charge on any atom is -0.495 e. The van der Waals surface area contributed by atoms with Gasteiger partial charge in [0.15, 0.2) is 0 Å². The van der Waals surface area contributed by atoms with E-state index in [4.69, 9.17) is 4.74 Å². The molecule has 0 amide bonds. The first-order valence-electron chi connectivity index (χ1n) is 6.93. The van der Waals surface area contributed by atoms with E-state index in [1.165, 1.54) is 12.1 Å². The third kappa shape index (κ3) is 3.05. The lowest BCUT2D eigenvalue weighted by Crippen LogP contribution is -2.36. The molecule has 2 rings (SSSR count). The smallest absolute Gasteiger partial charge is 0.142 e. The number of hydrogen-bond donors (Lipinski definition) is 1. The standard InChI is InChI=1S/C17H21FN2O/c1-17(2,12-7-9-13(18)10-8-12)16(19-3)15-14(21-4)6-5-11-20-15/h5-11,16,19H,1-4H3. The molecule has 1 heterocycles. The van der Waals surface area contributed by atoms with Gasteiger partial charge in [0.1, 0.15) is 17.3 Å². The number of likely N-dealkylation sites (N-methyl/N-ethyl adjacent to an activating group) is 1. The highest BCUT2D eigenvalue weighted by Gasteiger charge is 2.34. The van der Waals surface area contributed by atoms with Crippen molar-refractivity contribution in [2.45, 2.75) is 25.3 Å². The zero-order valence-corrected chi connectivity index (χ0v) is 12.9. The lowest BCUT2D eigenvalue weighted by Gasteiger charge is -2.35. The van der Waals surface area contributed by atoms with Crippen molar-refractivity contribution in [3.05, 3.63) is 59.7 Å². The predicted octanol–water partition coefficient (Wildman–Crippen LogP) is 3.47. The third-order valence-electron chi connectivity index (χ3n) is 3.89. The maximum atomic E-state index is 13.2. The van der Waals surface area contributed by atoms with E-state index in [9.17, 15) is 4.39 Å². The van der Waals surface area contributed by atoms with Gasteiger partial charge >= 0.3 is 0 Å². The van der Waals surface area contributed by atoms with E-state index in [1.807, 2.05) is 31.3 Å². The quantitative estimate of drug-likeness (QED) is 0.914. The highest BCUT2D eigenvalue weighted by Crippen LogP contribution is 2.38. The molecule has 0 radical (unpaired) electrons. The van der Waals surface area contributed by atoms with E-state index in [0.717, 1.165) is 17.0 Å². The molecule has 4 heteroatoms. The van der Waals surface area contributed by atoms with Crippen LogP contribution in [0.15, 0.2) is 42.6 Å². The maximum absolute atomic E-state index is 13.2. The molecule has 112 valence electrons. The summed E-state index contributed by atoms with van der Waals surface area (Å²) in [6.45, 7) is 4.21. The largest absolute Gasteiger partial charge is 0.495 e. The molecular formula is C17H21FN2O. The van der Waals surface area contributed by atoms with Crippen LogP contribution in [0.5, 0.6) is 5.75 Å². The molecule has 1 unspecified atom stereocenters. The Bertz CT molecular complexity index is 596. The van der Waals surface area contributed by atoms with E-state index < -0.39 is 0 Å². The van der Waals surface area contributed by atoms with Gasteiger partial charge in [0.05, 0.1) is 13.2 Å². The number of halogens is 1. The number of aromatic nitrogens is 1. The fourth-order valence-corrected chi connectivity index (χ4v) is 2.68. The normalized spacial score (nSPS) is 13.0. The van der Waals surface area contributed by atoms with E-state index in [0.29, 0.717) is 0 Å². The van der Waals surface area contributed by atoms with Crippen molar-refractivity contribution in [3.63, 3.8) is 0 Å². The Labute approximate surface area is 125 Å². The Morgan fingerprint density at radius 1 is 1.19 bits per heavy atom. The summed E-state index contributed by atoms with van der Waals surface area (Å²) in [5, 5.41) is 3.31. The van der Waals surface area contributed by atoms with Gasteiger partial charge in [-0.2, -0.15) is 0 Å². The topological polar surface area (TPSA) is 34.2 Å². The lowest BCUT2D eigenvalue weighted by molar-refractivity contribution is 0.337. The van der Waals surface area contributed by atoms with Gasteiger partial charge in [-0.15, -0.1) is 0 Å². The minimum atomic E-state index is -0.274. The average Bonchev–Trinajstić information content (AvgIpc) is 2.48. The molecule has 3 nitrogen and oxygen atoms in total. The second-order valence-electron chi connectivity index (χ2n) is 5.54. The molecule has 0 bridgehead atoms. The van der Waals surface area contributed by atoms with Crippen LogP contribution in [0, 0.1) is 5.82 Å². The molecule has 21 heavy (non-hydrogen) atoms. The van der Waals surface area contributed by atoms with Crippen molar-refractivity contribution in [1.82, 2.24) is 10.3 Å². The summed E-state index contributed by atoms with van der Waals surface area (Å²) in [5.41, 5.74) is 1.61. The predicted molar refractivity (Wildman–Crippen MR) is 82.0 cm³/mol. The molecule has 0 aliphatic rings. The summed E-state index contributed by atoms with van der Waals surface area (Å²) >= 11 is 0. The summed E-state index contributed by atoms with van der Waals surface area (Å²) in [6.07, 6.45) is 1.75. The average molecular weight is 288 g/mol. The molecule has 1 aromatic heterocycles. The molecule has 0 saturated carbocycles. The SMILES string of the molecule is CNC(c1ncccc1OC)C(C)(C)c1ccc(F)cc1. The molecule has 1 N–H and O–H groups in total. The number of pyridine rings is 1. The Morgan fingerprint density at radius 3 is 2.43 bits per heavy atom. The fraction of sp³-hybridized carbons (Fsp3) is 0.353. The first kappa shape index (κ1) is 15.4. The number of methoxy groups -OCH3 is 1. The van der Waals surface area contributed by atoms with Crippen LogP contribution in [-0.2, 0) is 5.41 Å². The molecule has 0 saturated heterocycles. The van der Waals surface area contributed by atoms with Crippen molar-refractivity contribution < 1.29 is 9.13 Å². The van der Waals surface area contributed by atoms with Crippen LogP contribution in [0.3, 0.4) is 0 Å². The van der Waals surface area contributed by atoms with Crippen LogP contribution in [0.1, 0.15) is 31.1 Å². The van der Waals surface area contributed by atoms with Crippen LogP contribution >= 0.6 is 0 Å². The summed E-state index contributed by atoms with van der Waals surface area (Å²) in [6, 6.07) is 10.3. The first-order chi connectivity index (χ1) is 10.0. The second-order valence-corrected chi connectivity index (χ2v) is 5.54. The zero-order chi connectivity index (χ0) is 15.5. The van der Waals surface area contributed by atoms with E-state index in [-0.39, 0.29) is 17.3 Å². The molecule has 1 aromatic carbocycles. The van der Waals surface area contributed by atoms with Gasteiger partial charge < -0.3 is 10.1 Å². The van der Waals surface area contributed by atoms with Crippen LogP contribution < -0.4 is 10.1 Å². The second kappa shape index (κ2) is 6.22. The van der Waals surface area contributed by atoms with E-state index in [2.05, 4.69) is 24.1 Å². The van der Waals surface area contributed by atoms with Crippen molar-refractivity contribution in [2.75, 3.05) is 14.2 Å². The number of ether oxygens (including phenoxy) is 1. The highest BCUT2D eigenvalue weighted by molar-refractivity contribution is 5.36. The Balaban J connectivity index is 2.46. The van der Waals surface area contributed by atoms with Crippen LogP contribution in [0.4, 0.5) is 4.39 Å². The van der Waals surface area contributed by atoms with Gasteiger partial charge in [-0.05, 0) is 36.9 Å². The van der Waals surface area contributed by atoms with Gasteiger partial charge in [-0.25, -0.2) is 4.39 Å². The van der Waals surface area contributed by atoms with Crippen LogP contribution in [-0.4, -0.2) is 19.1 Å². The van der Waals surface area contributed by atoms with E-state index >= 15 is 0 Å². The van der Waals surface area contributed by atoms with Gasteiger partial charge in [0.2, 0.25) is 0 Å². The lowest BCUT2D eigenvalue weighted by atomic mass is 9.76. The van der Waals surface area contributed by atoms with Gasteiger partial charge in [0.25, 0.3) is 0 Å². The zero-order valence-electron chi connectivity index (χ0n) is 12.9. The molecular weight excluding hydrogens is 267 g/mol. The Kier molecular flexibility index (Phi) is 4.58. The summed E-state index contributed by atoms with van der Waals surface area (Å²) in [4.78, 5) is 4.47. The molecule has 0 aliphatic heterocycles. The molecule has 2 aromatic rings. The molecule has 1 atom stereocenters. The number of nitrogens with zero attached hydrogens (tertiary/aromatic N) is 1. The Hall–Kier alpha value is -1.94. The van der Waals surface area contributed by atoms with Crippen molar-refractivity contribution >= 4 is 0 Å². The van der Waals surface area contributed by atoms with Crippen LogP contribution in [0.25, 0.3) is 0 Å². The summed E-state index contributed by atoms with van der Waals surface area (Å²) in [5.74, 6) is 0.512. The van der Waals surface area contributed by atoms with Crippen molar-refractivity contribution in [1.29, 1.82) is 0 Å². The minimum absolute atomic E-state index is 0.0564. The first-order valence-corrected chi connectivity index (χ1v) is 6.93. The van der Waals surface area contributed by atoms with E-state index in [1.54, 1.807) is 13.3 Å².